The fraction of sp³-hybridized carbons (Fsp3) is 0.217. The standard InChI is InChI=1S/C23H21NO5S/c1-30(27,28)24-13-5-8-17-14-18(11-12-21(17)24)22(25)15-29-23(26)20-10-4-7-16-6-2-3-9-19(16)20/h2-4,6-7,9-12,14H,5,8,13,15H2,1H3. The van der Waals surface area contributed by atoms with E-state index in [-0.39, 0.29) is 12.4 Å². The van der Waals surface area contributed by atoms with Crippen LogP contribution in [-0.2, 0) is 21.2 Å². The van der Waals surface area contributed by atoms with Crippen molar-refractivity contribution in [2.24, 2.45) is 0 Å². The second-order valence-electron chi connectivity index (χ2n) is 7.31. The van der Waals surface area contributed by atoms with Crippen LogP contribution in [0.4, 0.5) is 5.69 Å². The number of carbonyl (C=O) groups is 2. The normalized spacial score (nSPS) is 13.7. The van der Waals surface area contributed by atoms with Crippen LogP contribution in [0.3, 0.4) is 0 Å². The minimum absolute atomic E-state index is 0.331. The Morgan fingerprint density at radius 3 is 2.60 bits per heavy atom. The van der Waals surface area contributed by atoms with Crippen LogP contribution in [0.15, 0.2) is 60.7 Å². The van der Waals surface area contributed by atoms with Crippen LogP contribution < -0.4 is 4.31 Å². The summed E-state index contributed by atoms with van der Waals surface area (Å²) in [5.74, 6) is -0.885. The Labute approximate surface area is 175 Å². The van der Waals surface area contributed by atoms with Gasteiger partial charge >= 0.3 is 5.97 Å². The molecule has 6 nitrogen and oxygen atoms in total. The van der Waals surface area contributed by atoms with Crippen LogP contribution in [0.2, 0.25) is 0 Å². The molecule has 154 valence electrons. The molecule has 0 aromatic heterocycles. The van der Waals surface area contributed by atoms with E-state index < -0.39 is 16.0 Å². The molecule has 7 heteroatoms. The van der Waals surface area contributed by atoms with E-state index in [1.165, 1.54) is 10.6 Å². The van der Waals surface area contributed by atoms with Crippen molar-refractivity contribution in [1.82, 2.24) is 0 Å². The predicted octanol–water partition coefficient (Wildman–Crippen LogP) is 3.59. The van der Waals surface area contributed by atoms with E-state index in [1.807, 2.05) is 30.3 Å². The summed E-state index contributed by atoms with van der Waals surface area (Å²) in [6, 6.07) is 17.8. The maximum Gasteiger partial charge on any atom is 0.339 e. The monoisotopic (exact) mass is 423 g/mol. The van der Waals surface area contributed by atoms with Gasteiger partial charge in [-0.25, -0.2) is 13.2 Å². The number of rotatable bonds is 5. The number of Topliss-reactive ketones (excluding diaryl/α,β-unsaturated/α-hetero) is 1. The fourth-order valence-corrected chi connectivity index (χ4v) is 4.77. The second kappa shape index (κ2) is 7.91. The Morgan fingerprint density at radius 2 is 1.80 bits per heavy atom. The third-order valence-electron chi connectivity index (χ3n) is 5.22. The number of hydrogen-bond acceptors (Lipinski definition) is 5. The van der Waals surface area contributed by atoms with E-state index in [9.17, 15) is 18.0 Å². The van der Waals surface area contributed by atoms with Gasteiger partial charge in [0.1, 0.15) is 0 Å². The molecule has 0 radical (unpaired) electrons. The molecule has 0 aliphatic carbocycles. The van der Waals surface area contributed by atoms with Gasteiger partial charge in [-0.05, 0) is 53.4 Å². The molecule has 0 saturated heterocycles. The molecule has 0 bridgehead atoms. The van der Waals surface area contributed by atoms with E-state index >= 15 is 0 Å². The summed E-state index contributed by atoms with van der Waals surface area (Å²) < 4.78 is 30.6. The lowest BCUT2D eigenvalue weighted by Gasteiger charge is -2.29. The van der Waals surface area contributed by atoms with Crippen molar-refractivity contribution in [3.05, 3.63) is 77.4 Å². The van der Waals surface area contributed by atoms with Gasteiger partial charge in [-0.1, -0.05) is 36.4 Å². The second-order valence-corrected chi connectivity index (χ2v) is 9.22. The molecule has 1 aliphatic rings. The number of fused-ring (bicyclic) bond motifs is 2. The third-order valence-corrected chi connectivity index (χ3v) is 6.40. The number of anilines is 1. The zero-order valence-electron chi connectivity index (χ0n) is 16.5. The van der Waals surface area contributed by atoms with Gasteiger partial charge in [-0.3, -0.25) is 9.10 Å². The number of carbonyl (C=O) groups excluding carboxylic acids is 2. The van der Waals surface area contributed by atoms with Gasteiger partial charge in [0.05, 0.1) is 17.5 Å². The van der Waals surface area contributed by atoms with Crippen molar-refractivity contribution in [2.45, 2.75) is 12.8 Å². The Bertz CT molecular complexity index is 1240. The Morgan fingerprint density at radius 1 is 1.03 bits per heavy atom. The molecule has 4 rings (SSSR count). The molecular formula is C23H21NO5S. The molecular weight excluding hydrogens is 402 g/mol. The lowest BCUT2D eigenvalue weighted by molar-refractivity contribution is 0.0476. The van der Waals surface area contributed by atoms with Crippen molar-refractivity contribution >= 4 is 38.2 Å². The Hall–Kier alpha value is -3.19. The summed E-state index contributed by atoms with van der Waals surface area (Å²) in [5.41, 5.74) is 2.22. The summed E-state index contributed by atoms with van der Waals surface area (Å²) in [6.45, 7) is 0.0540. The summed E-state index contributed by atoms with van der Waals surface area (Å²) in [6.07, 6.45) is 2.56. The van der Waals surface area contributed by atoms with Crippen molar-refractivity contribution < 1.29 is 22.7 Å². The molecule has 30 heavy (non-hydrogen) atoms. The Balaban J connectivity index is 1.50. The maximum absolute atomic E-state index is 12.6. The number of ketones is 1. The van der Waals surface area contributed by atoms with E-state index in [4.69, 9.17) is 4.74 Å². The smallest absolute Gasteiger partial charge is 0.339 e. The largest absolute Gasteiger partial charge is 0.454 e. The third kappa shape index (κ3) is 3.93. The molecule has 1 aliphatic heterocycles. The molecule has 0 fully saturated rings. The number of esters is 1. The number of benzene rings is 3. The van der Waals surface area contributed by atoms with E-state index in [2.05, 4.69) is 0 Å². The van der Waals surface area contributed by atoms with Crippen molar-refractivity contribution in [2.75, 3.05) is 23.7 Å². The topological polar surface area (TPSA) is 80.8 Å². The lowest BCUT2D eigenvalue weighted by Crippen LogP contribution is -2.34. The highest BCUT2D eigenvalue weighted by atomic mass is 32.2. The van der Waals surface area contributed by atoms with Crippen LogP contribution in [0.5, 0.6) is 0 Å². The van der Waals surface area contributed by atoms with Crippen LogP contribution in [-0.4, -0.2) is 39.6 Å². The van der Waals surface area contributed by atoms with E-state index in [0.29, 0.717) is 36.2 Å². The highest BCUT2D eigenvalue weighted by Crippen LogP contribution is 2.30. The number of aryl methyl sites for hydroxylation is 1. The van der Waals surface area contributed by atoms with Gasteiger partial charge in [-0.15, -0.1) is 0 Å². The average molecular weight is 423 g/mol. The number of nitrogens with zero attached hydrogens (tertiary/aromatic N) is 1. The minimum Gasteiger partial charge on any atom is -0.454 e. The molecule has 0 atom stereocenters. The van der Waals surface area contributed by atoms with Crippen LogP contribution >= 0.6 is 0 Å². The van der Waals surface area contributed by atoms with Gasteiger partial charge in [0.15, 0.2) is 12.4 Å². The molecule has 0 N–H and O–H groups in total. The molecule has 0 unspecified atom stereocenters. The zero-order chi connectivity index (χ0) is 21.3. The summed E-state index contributed by atoms with van der Waals surface area (Å²) >= 11 is 0. The predicted molar refractivity (Wildman–Crippen MR) is 116 cm³/mol. The van der Waals surface area contributed by atoms with Gasteiger partial charge in [-0.2, -0.15) is 0 Å². The molecule has 3 aromatic carbocycles. The molecule has 1 heterocycles. The average Bonchev–Trinajstić information content (AvgIpc) is 2.75. The Kier molecular flexibility index (Phi) is 5.30. The van der Waals surface area contributed by atoms with Gasteiger partial charge < -0.3 is 4.74 Å². The van der Waals surface area contributed by atoms with E-state index in [0.717, 1.165) is 16.3 Å². The first-order chi connectivity index (χ1) is 14.3. The van der Waals surface area contributed by atoms with Crippen LogP contribution in [0.25, 0.3) is 10.8 Å². The number of sulfonamides is 1. The minimum atomic E-state index is -3.36. The van der Waals surface area contributed by atoms with Crippen molar-refractivity contribution in [1.29, 1.82) is 0 Å². The molecule has 0 saturated carbocycles. The summed E-state index contributed by atoms with van der Waals surface area (Å²) in [7, 11) is -3.36. The first kappa shape index (κ1) is 20.1. The molecule has 0 spiro atoms. The van der Waals surface area contributed by atoms with Gasteiger partial charge in [0.25, 0.3) is 0 Å². The molecule has 3 aromatic rings. The lowest BCUT2D eigenvalue weighted by atomic mass is 9.99. The highest BCUT2D eigenvalue weighted by Gasteiger charge is 2.25. The highest BCUT2D eigenvalue weighted by molar-refractivity contribution is 7.92. The van der Waals surface area contributed by atoms with Gasteiger partial charge in [0.2, 0.25) is 10.0 Å². The molecule has 0 amide bonds. The maximum atomic E-state index is 12.6. The van der Waals surface area contributed by atoms with Crippen molar-refractivity contribution in [3.63, 3.8) is 0 Å². The first-order valence-corrected chi connectivity index (χ1v) is 11.5. The number of hydrogen-bond donors (Lipinski definition) is 0. The number of ether oxygens (including phenoxy) is 1. The fourth-order valence-electron chi connectivity index (χ4n) is 3.78. The first-order valence-electron chi connectivity index (χ1n) is 9.63. The van der Waals surface area contributed by atoms with Crippen LogP contribution in [0, 0.1) is 0 Å². The van der Waals surface area contributed by atoms with Crippen LogP contribution in [0.1, 0.15) is 32.7 Å². The summed E-state index contributed by atoms with van der Waals surface area (Å²) in [5, 5.41) is 1.69. The van der Waals surface area contributed by atoms with Crippen molar-refractivity contribution in [3.8, 4) is 0 Å². The zero-order valence-corrected chi connectivity index (χ0v) is 17.3. The van der Waals surface area contributed by atoms with Gasteiger partial charge in [0, 0.05) is 12.1 Å². The quantitative estimate of drug-likeness (QED) is 0.463. The summed E-state index contributed by atoms with van der Waals surface area (Å²) in [4.78, 5) is 25.1. The SMILES string of the molecule is CS(=O)(=O)N1CCCc2cc(C(=O)COC(=O)c3cccc4ccccc34)ccc21. The van der Waals surface area contributed by atoms with E-state index in [1.54, 1.807) is 30.3 Å².